The summed E-state index contributed by atoms with van der Waals surface area (Å²) in [6.07, 6.45) is 13.1. The summed E-state index contributed by atoms with van der Waals surface area (Å²) in [6.45, 7) is 14.4. The van der Waals surface area contributed by atoms with Crippen molar-refractivity contribution < 1.29 is 63.3 Å². The number of carbonyl (C=O) groups is 5. The molecule has 1 aliphatic carbocycles. The van der Waals surface area contributed by atoms with Crippen molar-refractivity contribution in [2.45, 2.75) is 187 Å². The molecule has 0 spiro atoms. The van der Waals surface area contributed by atoms with Gasteiger partial charge in [-0.25, -0.2) is 0 Å². The van der Waals surface area contributed by atoms with Crippen LogP contribution in [-0.2, 0) is 42.9 Å². The first kappa shape index (κ1) is 57.1. The molecule has 2 saturated heterocycles. The van der Waals surface area contributed by atoms with E-state index in [0.717, 1.165) is 31.3 Å². The van der Waals surface area contributed by atoms with Gasteiger partial charge in [-0.2, -0.15) is 0 Å². The Bertz CT molecular complexity index is 1740. The Morgan fingerprint density at radius 1 is 0.864 bits per heavy atom. The molecule has 14 heteroatoms. The van der Waals surface area contributed by atoms with E-state index in [1.54, 1.807) is 48.0 Å². The zero-order valence-corrected chi connectivity index (χ0v) is 41.6. The number of hydrogen-bond donors (Lipinski definition) is 4. The highest BCUT2D eigenvalue weighted by atomic mass is 16.6. The lowest BCUT2D eigenvalue weighted by molar-refractivity contribution is -0.265. The quantitative estimate of drug-likeness (QED) is 0.0458. The van der Waals surface area contributed by atoms with Gasteiger partial charge in [0.25, 0.3) is 11.7 Å². The molecule has 14 nitrogen and oxygen atoms in total. The van der Waals surface area contributed by atoms with Crippen LogP contribution in [0.1, 0.15) is 132 Å². The van der Waals surface area contributed by atoms with Crippen molar-refractivity contribution in [3.05, 3.63) is 47.6 Å². The largest absolute Gasteiger partial charge is 0.392 e. The molecule has 2 heterocycles. The summed E-state index contributed by atoms with van der Waals surface area (Å²) < 4.78 is 22.7. The summed E-state index contributed by atoms with van der Waals surface area (Å²) in [5.41, 5.74) is 1.32. The van der Waals surface area contributed by atoms with E-state index in [1.807, 2.05) is 51.2 Å². The summed E-state index contributed by atoms with van der Waals surface area (Å²) >= 11 is 0. The Morgan fingerprint density at radius 2 is 1.56 bits per heavy atom. The van der Waals surface area contributed by atoms with Crippen molar-refractivity contribution in [1.82, 2.24) is 4.90 Å². The number of hydrogen-bond acceptors (Lipinski definition) is 13. The topological polar surface area (TPSA) is 206 Å². The van der Waals surface area contributed by atoms with Crippen LogP contribution >= 0.6 is 0 Å². The van der Waals surface area contributed by atoms with E-state index in [0.29, 0.717) is 56.4 Å². The number of piperidine rings is 1. The molecule has 374 valence electrons. The second-order valence-electron chi connectivity index (χ2n) is 19.8. The third kappa shape index (κ3) is 15.9. The normalized spacial score (nSPS) is 29.5. The van der Waals surface area contributed by atoms with Gasteiger partial charge >= 0.3 is 0 Å². The van der Waals surface area contributed by atoms with Crippen LogP contribution in [0.4, 0.5) is 0 Å². The Kier molecular flexibility index (Phi) is 23.5. The van der Waals surface area contributed by atoms with Crippen LogP contribution in [-0.4, -0.2) is 137 Å². The Labute approximate surface area is 394 Å². The molecule has 0 bridgehead atoms. The summed E-state index contributed by atoms with van der Waals surface area (Å²) in [4.78, 5) is 67.1. The minimum absolute atomic E-state index is 0.0108. The smallest absolute Gasteiger partial charge is 0.296 e. The van der Waals surface area contributed by atoms with Crippen LogP contribution in [0.3, 0.4) is 0 Å². The molecule has 0 aromatic heterocycles. The van der Waals surface area contributed by atoms with Gasteiger partial charge in [0.05, 0.1) is 36.6 Å². The molecule has 2 aliphatic heterocycles. The number of aliphatic hydroxyl groups excluding tert-OH is 3. The molecule has 3 aliphatic rings. The number of Topliss-reactive ketones (excluding diaryl/α,β-unsaturated/α-hetero) is 4. The molecule has 66 heavy (non-hydrogen) atoms. The molecular weight excluding hydrogens is 847 g/mol. The number of amides is 1. The number of carbonyl (C=O) groups excluding carboxylic acids is 5. The van der Waals surface area contributed by atoms with Crippen molar-refractivity contribution in [2.24, 2.45) is 35.5 Å². The maximum absolute atomic E-state index is 13.6. The molecular formula is C52H83NO13. The van der Waals surface area contributed by atoms with Gasteiger partial charge < -0.3 is 44.3 Å². The van der Waals surface area contributed by atoms with E-state index < -0.39 is 77.9 Å². The Morgan fingerprint density at radius 3 is 2.20 bits per heavy atom. The van der Waals surface area contributed by atoms with Crippen molar-refractivity contribution >= 4 is 29.0 Å². The molecule has 3 rings (SSSR count). The van der Waals surface area contributed by atoms with E-state index in [2.05, 4.69) is 0 Å². The standard InChI is InChI=1S/C52H83NO13/c1-31(25-35(5)47(58)49(65-11)48(59)36(6)26-33(3)43(56)30-44(57)34(4)27-39-21-23-42(55)46(28-39)64-10)17-13-12-14-18-32(2)45(63-9)29-40-22-20-37(7)52(62,66-40)50(60)51(61)53-24-16-15-19-41(53)38(8)54/h12-14,17-18,26,31,33-35,37,39-42,44-46,48-49,55,57,59,62H,15-16,19-25,27-30H2,1-11H3/b14-12+,17-13+,32-18+,36-26+/t31-,33-,34-,35-,37-,39+,40+,41+,42-,44+,45+,46-,48-,49+,52-/m1/s1. The van der Waals surface area contributed by atoms with Gasteiger partial charge in [-0.15, -0.1) is 0 Å². The number of rotatable bonds is 25. The fourth-order valence-corrected chi connectivity index (χ4v) is 9.92. The highest BCUT2D eigenvalue weighted by Gasteiger charge is 2.52. The predicted octanol–water partition coefficient (Wildman–Crippen LogP) is 6.21. The van der Waals surface area contributed by atoms with Crippen LogP contribution in [0.15, 0.2) is 47.6 Å². The van der Waals surface area contributed by atoms with Crippen LogP contribution in [0, 0.1) is 35.5 Å². The number of likely N-dealkylation sites (tertiary alicyclic amines) is 1. The molecule has 0 radical (unpaired) electrons. The third-order valence-electron chi connectivity index (χ3n) is 14.4. The van der Waals surface area contributed by atoms with Crippen molar-refractivity contribution in [3.8, 4) is 0 Å². The number of methoxy groups -OCH3 is 3. The predicted molar refractivity (Wildman–Crippen MR) is 252 cm³/mol. The van der Waals surface area contributed by atoms with Gasteiger partial charge in [-0.3, -0.25) is 24.0 Å². The summed E-state index contributed by atoms with van der Waals surface area (Å²) in [5.74, 6) is -6.27. The zero-order chi connectivity index (χ0) is 49.5. The number of aliphatic hydroxyl groups is 4. The fourth-order valence-electron chi connectivity index (χ4n) is 9.92. The Hall–Kier alpha value is -3.21. The zero-order valence-electron chi connectivity index (χ0n) is 41.6. The first-order chi connectivity index (χ1) is 31.1. The van der Waals surface area contributed by atoms with Gasteiger partial charge in [0, 0.05) is 58.5 Å². The van der Waals surface area contributed by atoms with Crippen LogP contribution in [0.25, 0.3) is 0 Å². The molecule has 0 aromatic carbocycles. The van der Waals surface area contributed by atoms with Crippen LogP contribution in [0.5, 0.6) is 0 Å². The number of ether oxygens (including phenoxy) is 4. The van der Waals surface area contributed by atoms with Crippen molar-refractivity contribution in [1.29, 1.82) is 0 Å². The minimum Gasteiger partial charge on any atom is -0.392 e. The van der Waals surface area contributed by atoms with Gasteiger partial charge in [0.2, 0.25) is 5.79 Å². The third-order valence-corrected chi connectivity index (χ3v) is 14.4. The molecule has 3 fully saturated rings. The summed E-state index contributed by atoms with van der Waals surface area (Å²) in [7, 11) is 4.55. The van der Waals surface area contributed by atoms with Gasteiger partial charge in [0.1, 0.15) is 18.0 Å². The van der Waals surface area contributed by atoms with Gasteiger partial charge in [0.15, 0.2) is 11.6 Å². The van der Waals surface area contributed by atoms with Crippen LogP contribution < -0.4 is 0 Å². The second kappa shape index (κ2) is 27.1. The summed E-state index contributed by atoms with van der Waals surface area (Å²) in [6, 6.07) is -0.677. The van der Waals surface area contributed by atoms with E-state index in [9.17, 15) is 44.4 Å². The lowest BCUT2D eigenvalue weighted by Gasteiger charge is -2.42. The number of nitrogens with zero attached hydrogens (tertiary/aromatic N) is 1. The maximum atomic E-state index is 13.6. The highest BCUT2D eigenvalue weighted by molar-refractivity contribution is 6.39. The number of ketones is 4. The van der Waals surface area contributed by atoms with Crippen molar-refractivity contribution in [3.63, 3.8) is 0 Å². The van der Waals surface area contributed by atoms with Gasteiger partial charge in [-0.05, 0) is 114 Å². The highest BCUT2D eigenvalue weighted by Crippen LogP contribution is 2.37. The number of allylic oxidation sites excluding steroid dienone is 6. The fraction of sp³-hybridized carbons (Fsp3) is 0.750. The second-order valence-corrected chi connectivity index (χ2v) is 19.8. The minimum atomic E-state index is -2.30. The van der Waals surface area contributed by atoms with E-state index in [1.165, 1.54) is 18.9 Å². The summed E-state index contributed by atoms with van der Waals surface area (Å²) in [5, 5.41) is 43.8. The average molecular weight is 930 g/mol. The molecule has 0 aromatic rings. The molecule has 4 N–H and O–H groups in total. The lowest BCUT2D eigenvalue weighted by atomic mass is 9.78. The first-order valence-corrected chi connectivity index (χ1v) is 24.2. The van der Waals surface area contributed by atoms with E-state index in [-0.39, 0.29) is 48.3 Å². The SMILES string of the molecule is CO[C@@H](C[C@@H]1CC[C@@H](C)[C@](O)(C(=O)C(=O)N2CCCC[C@H]2C(C)=O)O1)/C(C)=C/C=C/C=C/[C@@H](C)C[C@@H](C)C(=O)[C@H](OC)[C@H](O)/C(C)=C/[C@@H](C)C(=O)C[C@H](O)[C@H](C)C[C@@H]1CC[C@@H](O)[C@H](OC)C1. The Balaban J connectivity index is 1.50. The van der Waals surface area contributed by atoms with Crippen molar-refractivity contribution in [2.75, 3.05) is 27.9 Å². The van der Waals surface area contributed by atoms with E-state index in [4.69, 9.17) is 18.9 Å². The molecule has 1 saturated carbocycles. The van der Waals surface area contributed by atoms with E-state index >= 15 is 0 Å². The first-order valence-electron chi connectivity index (χ1n) is 24.2. The molecule has 0 unspecified atom stereocenters. The lowest BCUT2D eigenvalue weighted by Crippen LogP contribution is -2.60. The van der Waals surface area contributed by atoms with Crippen LogP contribution in [0.2, 0.25) is 0 Å². The molecule has 1 amide bonds. The molecule has 15 atom stereocenters. The maximum Gasteiger partial charge on any atom is 0.296 e. The monoisotopic (exact) mass is 930 g/mol. The average Bonchev–Trinajstić information content (AvgIpc) is 3.28. The van der Waals surface area contributed by atoms with Gasteiger partial charge in [-0.1, -0.05) is 71.1 Å².